The Kier molecular flexibility index (Phi) is 6.79. The summed E-state index contributed by atoms with van der Waals surface area (Å²) in [7, 11) is 0. The largest absolute Gasteiger partial charge is 0.435 e. The van der Waals surface area contributed by atoms with Crippen molar-refractivity contribution in [3.05, 3.63) is 70.3 Å². The number of hydrogen-bond acceptors (Lipinski definition) is 3. The van der Waals surface area contributed by atoms with E-state index >= 15 is 4.39 Å². The number of likely N-dealkylation sites (tertiary alicyclic amines) is 1. The van der Waals surface area contributed by atoms with Crippen LogP contribution in [0.1, 0.15) is 41.2 Å². The molecule has 0 aromatic heterocycles. The lowest BCUT2D eigenvalue weighted by Crippen LogP contribution is -2.61. The fourth-order valence-corrected chi connectivity index (χ4v) is 4.36. The smallest absolute Gasteiger partial charge is 0.374 e. The molecular formula is C24H19F10N3O2. The summed E-state index contributed by atoms with van der Waals surface area (Å²) >= 11 is 0. The van der Waals surface area contributed by atoms with Crippen LogP contribution in [0.2, 0.25) is 0 Å². The number of alkyl halides is 10. The summed E-state index contributed by atoms with van der Waals surface area (Å²) in [6.07, 6.45) is -17.5. The average Bonchev–Trinajstić information content (AvgIpc) is 3.28. The number of halogens is 10. The minimum Gasteiger partial charge on any atom is -0.374 e. The standard InChI is InChI=1S/C24H19F10N3O2/c1-2-35-19(38)37-11-20(25,12-37)14-5-3-13(4-6-14)18-10-21(39-36-18,24(32,33)34)15-7-16(22(26,27)28)9-17(8-15)23(29,30)31/h3-9H,2,10-12H2,1H3,(H,35,38). The summed E-state index contributed by atoms with van der Waals surface area (Å²) in [6.45, 7) is 1.49. The van der Waals surface area contributed by atoms with Crippen LogP contribution in [0.3, 0.4) is 0 Å². The van der Waals surface area contributed by atoms with E-state index in [1.54, 1.807) is 6.92 Å². The molecular weight excluding hydrogens is 552 g/mol. The van der Waals surface area contributed by atoms with E-state index in [1.807, 2.05) is 0 Å². The van der Waals surface area contributed by atoms with Gasteiger partial charge in [-0.3, -0.25) is 0 Å². The van der Waals surface area contributed by atoms with Crippen molar-refractivity contribution in [2.24, 2.45) is 5.16 Å². The van der Waals surface area contributed by atoms with Gasteiger partial charge in [0, 0.05) is 18.5 Å². The van der Waals surface area contributed by atoms with Crippen molar-refractivity contribution in [1.82, 2.24) is 10.2 Å². The highest BCUT2D eigenvalue weighted by molar-refractivity contribution is 6.02. The normalized spacial score (nSPS) is 21.2. The fraction of sp³-hybridized carbons (Fsp3) is 0.417. The van der Waals surface area contributed by atoms with Crippen LogP contribution in [0.15, 0.2) is 47.6 Å². The Bertz CT molecular complexity index is 1250. The molecule has 2 heterocycles. The zero-order valence-corrected chi connectivity index (χ0v) is 19.9. The topological polar surface area (TPSA) is 53.9 Å². The molecule has 2 amide bonds. The van der Waals surface area contributed by atoms with Crippen molar-refractivity contribution in [2.75, 3.05) is 19.6 Å². The summed E-state index contributed by atoms with van der Waals surface area (Å²) in [4.78, 5) is 17.6. The first-order valence-corrected chi connectivity index (χ1v) is 11.3. The number of amides is 2. The molecule has 2 aliphatic heterocycles. The van der Waals surface area contributed by atoms with Crippen LogP contribution in [0.5, 0.6) is 0 Å². The van der Waals surface area contributed by atoms with Crippen molar-refractivity contribution in [2.45, 2.75) is 43.1 Å². The number of benzene rings is 2. The monoisotopic (exact) mass is 571 g/mol. The van der Waals surface area contributed by atoms with Crippen LogP contribution in [0, 0.1) is 0 Å². The molecule has 0 radical (unpaired) electrons. The summed E-state index contributed by atoms with van der Waals surface area (Å²) in [5.74, 6) is 0. The van der Waals surface area contributed by atoms with Crippen molar-refractivity contribution >= 4 is 11.7 Å². The van der Waals surface area contributed by atoms with E-state index < -0.39 is 64.7 Å². The van der Waals surface area contributed by atoms with Gasteiger partial charge in [0.05, 0.1) is 29.9 Å². The van der Waals surface area contributed by atoms with Gasteiger partial charge in [-0.05, 0) is 36.2 Å². The number of urea groups is 1. The fourth-order valence-electron chi connectivity index (χ4n) is 4.36. The first kappa shape index (κ1) is 28.5. The number of nitrogens with zero attached hydrogens (tertiary/aromatic N) is 2. The molecule has 4 rings (SSSR count). The zero-order valence-electron chi connectivity index (χ0n) is 19.9. The number of rotatable bonds is 4. The minimum atomic E-state index is -5.47. The van der Waals surface area contributed by atoms with Gasteiger partial charge in [0.25, 0.3) is 5.60 Å². The van der Waals surface area contributed by atoms with Crippen LogP contribution >= 0.6 is 0 Å². The first-order valence-electron chi connectivity index (χ1n) is 11.3. The van der Waals surface area contributed by atoms with Gasteiger partial charge in [0.1, 0.15) is 0 Å². The second kappa shape index (κ2) is 9.30. The van der Waals surface area contributed by atoms with Crippen LogP contribution in [0.4, 0.5) is 48.7 Å². The number of oxime groups is 1. The Morgan fingerprint density at radius 2 is 1.46 bits per heavy atom. The molecule has 39 heavy (non-hydrogen) atoms. The molecule has 15 heteroatoms. The van der Waals surface area contributed by atoms with Gasteiger partial charge in [0.2, 0.25) is 0 Å². The van der Waals surface area contributed by atoms with Crippen LogP contribution in [0.25, 0.3) is 0 Å². The Morgan fingerprint density at radius 1 is 0.923 bits per heavy atom. The number of carbonyl (C=O) groups is 1. The third-order valence-electron chi connectivity index (χ3n) is 6.47. The molecule has 212 valence electrons. The molecule has 1 atom stereocenters. The Labute approximate surface area is 214 Å². The molecule has 1 fully saturated rings. The number of nitrogens with one attached hydrogen (secondary N) is 1. The van der Waals surface area contributed by atoms with Crippen molar-refractivity contribution in [1.29, 1.82) is 0 Å². The average molecular weight is 571 g/mol. The van der Waals surface area contributed by atoms with Gasteiger partial charge in [-0.1, -0.05) is 29.4 Å². The predicted molar refractivity (Wildman–Crippen MR) is 116 cm³/mol. The lowest BCUT2D eigenvalue weighted by molar-refractivity contribution is -0.276. The number of hydrogen-bond donors (Lipinski definition) is 1. The quantitative estimate of drug-likeness (QED) is 0.426. The van der Waals surface area contributed by atoms with Crippen LogP contribution in [-0.4, -0.2) is 42.5 Å². The second-order valence-corrected chi connectivity index (χ2v) is 9.16. The third kappa shape index (κ3) is 5.22. The summed E-state index contributed by atoms with van der Waals surface area (Å²) in [5, 5.41) is 5.86. The van der Waals surface area contributed by atoms with Gasteiger partial charge >= 0.3 is 24.6 Å². The molecule has 0 saturated carbocycles. The van der Waals surface area contributed by atoms with Gasteiger partial charge in [-0.15, -0.1) is 0 Å². The van der Waals surface area contributed by atoms with E-state index in [0.29, 0.717) is 6.54 Å². The highest BCUT2D eigenvalue weighted by Crippen LogP contribution is 2.51. The van der Waals surface area contributed by atoms with Gasteiger partial charge in [-0.25, -0.2) is 9.18 Å². The van der Waals surface area contributed by atoms with Crippen molar-refractivity contribution in [3.63, 3.8) is 0 Å². The van der Waals surface area contributed by atoms with E-state index in [-0.39, 0.29) is 42.4 Å². The third-order valence-corrected chi connectivity index (χ3v) is 6.47. The van der Waals surface area contributed by atoms with Gasteiger partial charge < -0.3 is 15.1 Å². The van der Waals surface area contributed by atoms with Gasteiger partial charge in [-0.2, -0.15) is 39.5 Å². The molecule has 2 aliphatic rings. The predicted octanol–water partition coefficient (Wildman–Crippen LogP) is 6.52. The minimum absolute atomic E-state index is 0.0172. The maximum absolute atomic E-state index is 15.2. The maximum Gasteiger partial charge on any atom is 0.435 e. The lowest BCUT2D eigenvalue weighted by atomic mass is 9.83. The van der Waals surface area contributed by atoms with Crippen LogP contribution < -0.4 is 5.32 Å². The van der Waals surface area contributed by atoms with E-state index in [0.717, 1.165) is 0 Å². The van der Waals surface area contributed by atoms with E-state index in [1.165, 1.54) is 29.2 Å². The molecule has 5 nitrogen and oxygen atoms in total. The summed E-state index contributed by atoms with van der Waals surface area (Å²) < 4.78 is 138. The Balaban J connectivity index is 1.63. The van der Waals surface area contributed by atoms with Crippen molar-refractivity contribution < 1.29 is 53.5 Å². The Hall–Kier alpha value is -3.52. The molecule has 1 unspecified atom stereocenters. The summed E-state index contributed by atoms with van der Waals surface area (Å²) in [5.41, 5.74) is -11.2. The molecule has 0 aliphatic carbocycles. The maximum atomic E-state index is 15.2. The zero-order chi connectivity index (χ0) is 29.0. The molecule has 0 bridgehead atoms. The Morgan fingerprint density at radius 3 is 1.92 bits per heavy atom. The molecule has 1 saturated heterocycles. The number of carbonyl (C=O) groups excluding carboxylic acids is 1. The lowest BCUT2D eigenvalue weighted by Gasteiger charge is -2.44. The molecule has 2 aromatic rings. The van der Waals surface area contributed by atoms with E-state index in [4.69, 9.17) is 0 Å². The SMILES string of the molecule is CCNC(=O)N1CC(F)(c2ccc(C3=NOC(c4cc(C(F)(F)F)cc(C(F)(F)F)c4)(C(F)(F)F)C3)cc2)C1. The molecule has 0 spiro atoms. The van der Waals surface area contributed by atoms with Gasteiger partial charge in [0.15, 0.2) is 5.67 Å². The molecule has 2 aromatic carbocycles. The summed E-state index contributed by atoms with van der Waals surface area (Å²) in [6, 6.07) is 4.04. The highest BCUT2D eigenvalue weighted by atomic mass is 19.4. The molecule has 1 N–H and O–H groups in total. The highest BCUT2D eigenvalue weighted by Gasteiger charge is 2.63. The van der Waals surface area contributed by atoms with E-state index in [9.17, 15) is 44.3 Å². The first-order chi connectivity index (χ1) is 17.9. The second-order valence-electron chi connectivity index (χ2n) is 9.16. The van der Waals surface area contributed by atoms with Crippen LogP contribution in [-0.2, 0) is 28.5 Å². The van der Waals surface area contributed by atoms with Crippen molar-refractivity contribution in [3.8, 4) is 0 Å². The van der Waals surface area contributed by atoms with E-state index in [2.05, 4.69) is 15.3 Å².